The number of nitrogens with zero attached hydrogens (tertiary/aromatic N) is 3. The van der Waals surface area contributed by atoms with Crippen LogP contribution in [0.15, 0.2) is 81.4 Å². The monoisotopic (exact) mass is 493 g/mol. The van der Waals surface area contributed by atoms with Crippen LogP contribution in [0.5, 0.6) is 17.4 Å². The number of ether oxygens (including phenoxy) is 2. The quantitative estimate of drug-likeness (QED) is 0.329. The zero-order chi connectivity index (χ0) is 22.7. The SMILES string of the molecule is COc1ccc(C(=O)N=Nc2c(O)n(Cc3ccccc3)c3ccc(Br)cc23)cc1OC. The van der Waals surface area contributed by atoms with Gasteiger partial charge < -0.3 is 19.1 Å². The highest BCUT2D eigenvalue weighted by atomic mass is 79.9. The van der Waals surface area contributed by atoms with E-state index in [1.54, 1.807) is 16.7 Å². The van der Waals surface area contributed by atoms with E-state index in [9.17, 15) is 9.90 Å². The van der Waals surface area contributed by atoms with Crippen LogP contribution < -0.4 is 9.47 Å². The molecule has 7 nitrogen and oxygen atoms in total. The zero-order valence-corrected chi connectivity index (χ0v) is 19.0. The van der Waals surface area contributed by atoms with Gasteiger partial charge in [0.25, 0.3) is 5.91 Å². The summed E-state index contributed by atoms with van der Waals surface area (Å²) in [6, 6.07) is 20.1. The lowest BCUT2D eigenvalue weighted by molar-refractivity contribution is 0.0994. The zero-order valence-electron chi connectivity index (χ0n) is 17.4. The average Bonchev–Trinajstić information content (AvgIpc) is 3.07. The molecule has 0 aliphatic rings. The van der Waals surface area contributed by atoms with E-state index in [0.717, 1.165) is 15.6 Å². The largest absolute Gasteiger partial charge is 0.493 e. The number of fused-ring (bicyclic) bond motifs is 1. The number of hydrogen-bond acceptors (Lipinski definition) is 5. The minimum absolute atomic E-state index is 0.0641. The molecule has 0 atom stereocenters. The van der Waals surface area contributed by atoms with E-state index < -0.39 is 5.91 Å². The Morgan fingerprint density at radius 2 is 1.75 bits per heavy atom. The molecule has 1 heterocycles. The first-order valence-electron chi connectivity index (χ1n) is 9.74. The fourth-order valence-electron chi connectivity index (χ4n) is 3.44. The second-order valence-electron chi connectivity index (χ2n) is 6.98. The number of carbonyl (C=O) groups is 1. The first-order chi connectivity index (χ1) is 15.5. The van der Waals surface area contributed by atoms with Crippen LogP contribution in [0.25, 0.3) is 10.9 Å². The Balaban J connectivity index is 1.72. The Bertz CT molecular complexity index is 1320. The van der Waals surface area contributed by atoms with Crippen molar-refractivity contribution in [3.05, 3.63) is 82.3 Å². The van der Waals surface area contributed by atoms with E-state index in [1.807, 2.05) is 48.5 Å². The maximum Gasteiger partial charge on any atom is 0.295 e. The summed E-state index contributed by atoms with van der Waals surface area (Å²) in [5.41, 5.74) is 2.32. The van der Waals surface area contributed by atoms with Gasteiger partial charge in [-0.1, -0.05) is 46.3 Å². The van der Waals surface area contributed by atoms with Gasteiger partial charge in [-0.25, -0.2) is 0 Å². The number of azo groups is 1. The lowest BCUT2D eigenvalue weighted by Gasteiger charge is -2.07. The van der Waals surface area contributed by atoms with Gasteiger partial charge in [0.15, 0.2) is 17.2 Å². The van der Waals surface area contributed by atoms with Crippen LogP contribution in [0.3, 0.4) is 0 Å². The van der Waals surface area contributed by atoms with E-state index in [4.69, 9.17) is 9.47 Å². The third-order valence-corrected chi connectivity index (χ3v) is 5.52. The van der Waals surface area contributed by atoms with Crippen molar-refractivity contribution < 1.29 is 19.4 Å². The number of hydrogen-bond donors (Lipinski definition) is 1. The third kappa shape index (κ3) is 4.22. The van der Waals surface area contributed by atoms with Crippen molar-refractivity contribution in [3.8, 4) is 17.4 Å². The van der Waals surface area contributed by atoms with E-state index in [0.29, 0.717) is 29.0 Å². The van der Waals surface area contributed by atoms with Crippen LogP contribution in [0, 0.1) is 0 Å². The average molecular weight is 494 g/mol. The molecule has 1 amide bonds. The van der Waals surface area contributed by atoms with E-state index >= 15 is 0 Å². The molecule has 1 N–H and O–H groups in total. The van der Waals surface area contributed by atoms with E-state index in [1.165, 1.54) is 20.3 Å². The van der Waals surface area contributed by atoms with Crippen molar-refractivity contribution in [1.29, 1.82) is 0 Å². The number of aromatic nitrogens is 1. The predicted molar refractivity (Wildman–Crippen MR) is 125 cm³/mol. The molecule has 0 saturated heterocycles. The first kappa shape index (κ1) is 21.6. The minimum Gasteiger partial charge on any atom is -0.493 e. The Kier molecular flexibility index (Phi) is 6.23. The van der Waals surface area contributed by atoms with Gasteiger partial charge in [0.05, 0.1) is 26.3 Å². The highest BCUT2D eigenvalue weighted by molar-refractivity contribution is 9.10. The molecular weight excluding hydrogens is 474 g/mol. The predicted octanol–water partition coefficient (Wildman–Crippen LogP) is 6.10. The van der Waals surface area contributed by atoms with Crippen molar-refractivity contribution in [2.75, 3.05) is 14.2 Å². The van der Waals surface area contributed by atoms with E-state index in [2.05, 4.69) is 26.2 Å². The summed E-state index contributed by atoms with van der Waals surface area (Å²) in [5, 5.41) is 19.6. The maximum absolute atomic E-state index is 12.6. The van der Waals surface area contributed by atoms with Crippen LogP contribution in [-0.4, -0.2) is 29.8 Å². The van der Waals surface area contributed by atoms with Crippen LogP contribution in [0.2, 0.25) is 0 Å². The molecular formula is C24H20BrN3O4. The molecule has 3 aromatic carbocycles. The summed E-state index contributed by atoms with van der Waals surface area (Å²) in [6.07, 6.45) is 0. The van der Waals surface area contributed by atoms with Gasteiger partial charge in [-0.15, -0.1) is 10.2 Å². The number of benzene rings is 3. The second kappa shape index (κ2) is 9.23. The number of amides is 1. The third-order valence-electron chi connectivity index (χ3n) is 5.03. The van der Waals surface area contributed by atoms with Gasteiger partial charge in [0, 0.05) is 15.4 Å². The molecule has 0 bridgehead atoms. The molecule has 0 spiro atoms. The van der Waals surface area contributed by atoms with Crippen LogP contribution >= 0.6 is 15.9 Å². The summed E-state index contributed by atoms with van der Waals surface area (Å²) in [5.74, 6) is 0.294. The standard InChI is InChI=1S/C24H20BrN3O4/c1-31-20-11-8-16(12-21(20)32-2)23(29)27-26-22-18-13-17(25)9-10-19(18)28(24(22)30)14-15-6-4-3-5-7-15/h3-13,30H,14H2,1-2H3. The van der Waals surface area contributed by atoms with E-state index in [-0.39, 0.29) is 11.6 Å². The maximum atomic E-state index is 12.6. The first-order valence-corrected chi connectivity index (χ1v) is 10.5. The highest BCUT2D eigenvalue weighted by Gasteiger charge is 2.18. The summed E-state index contributed by atoms with van der Waals surface area (Å²) >= 11 is 3.46. The summed E-state index contributed by atoms with van der Waals surface area (Å²) < 4.78 is 13.0. The Hall–Kier alpha value is -3.65. The molecule has 4 aromatic rings. The molecule has 162 valence electrons. The van der Waals surface area contributed by atoms with Crippen molar-refractivity contribution in [2.24, 2.45) is 10.2 Å². The second-order valence-corrected chi connectivity index (χ2v) is 7.90. The molecule has 0 radical (unpaired) electrons. The molecule has 1 aromatic heterocycles. The van der Waals surface area contributed by atoms with Crippen molar-refractivity contribution >= 4 is 38.4 Å². The highest BCUT2D eigenvalue weighted by Crippen LogP contribution is 2.40. The van der Waals surface area contributed by atoms with Gasteiger partial charge >= 0.3 is 0 Å². The molecule has 4 rings (SSSR count). The Labute approximate surface area is 193 Å². The Morgan fingerprint density at radius 3 is 2.47 bits per heavy atom. The van der Waals surface area contributed by atoms with Crippen molar-refractivity contribution in [3.63, 3.8) is 0 Å². The van der Waals surface area contributed by atoms with Crippen molar-refractivity contribution in [1.82, 2.24) is 4.57 Å². The lowest BCUT2D eigenvalue weighted by Crippen LogP contribution is -1.98. The number of rotatable bonds is 6. The summed E-state index contributed by atoms with van der Waals surface area (Å²) in [6.45, 7) is 0.448. The number of halogens is 1. The molecule has 0 fully saturated rings. The van der Waals surface area contributed by atoms with Gasteiger partial charge in [-0.05, 0) is 42.0 Å². The smallest absolute Gasteiger partial charge is 0.295 e. The van der Waals surface area contributed by atoms with Gasteiger partial charge in [0.1, 0.15) is 0 Å². The van der Waals surface area contributed by atoms with Crippen molar-refractivity contribution in [2.45, 2.75) is 6.54 Å². The summed E-state index contributed by atoms with van der Waals surface area (Å²) in [4.78, 5) is 12.6. The molecule has 0 aliphatic heterocycles. The fourth-order valence-corrected chi connectivity index (χ4v) is 3.80. The van der Waals surface area contributed by atoms with Gasteiger partial charge in [-0.3, -0.25) is 4.79 Å². The molecule has 0 unspecified atom stereocenters. The number of carbonyl (C=O) groups excluding carboxylic acids is 1. The molecule has 0 aliphatic carbocycles. The number of aromatic hydroxyl groups is 1. The molecule has 8 heteroatoms. The number of methoxy groups -OCH3 is 2. The molecule has 0 saturated carbocycles. The van der Waals surface area contributed by atoms with Gasteiger partial charge in [-0.2, -0.15) is 0 Å². The van der Waals surface area contributed by atoms with Gasteiger partial charge in [0.2, 0.25) is 5.88 Å². The normalized spacial score (nSPS) is 11.2. The topological polar surface area (TPSA) is 85.4 Å². The summed E-state index contributed by atoms with van der Waals surface area (Å²) in [7, 11) is 3.01. The molecule has 32 heavy (non-hydrogen) atoms. The van der Waals surface area contributed by atoms with Crippen LogP contribution in [0.4, 0.5) is 5.69 Å². The van der Waals surface area contributed by atoms with Crippen LogP contribution in [-0.2, 0) is 6.54 Å². The lowest BCUT2D eigenvalue weighted by atomic mass is 10.2. The Morgan fingerprint density at radius 1 is 1.00 bits per heavy atom. The fraction of sp³-hybridized carbons (Fsp3) is 0.125. The van der Waals surface area contributed by atoms with Crippen LogP contribution in [0.1, 0.15) is 15.9 Å². The minimum atomic E-state index is -0.565.